The third kappa shape index (κ3) is 3.52. The van der Waals surface area contributed by atoms with Gasteiger partial charge in [-0.25, -0.2) is 4.98 Å². The van der Waals surface area contributed by atoms with E-state index < -0.39 is 0 Å². The molecule has 22 heavy (non-hydrogen) atoms. The van der Waals surface area contributed by atoms with Crippen molar-refractivity contribution < 1.29 is 9.21 Å². The number of nitrogens with zero attached hydrogens (tertiary/aromatic N) is 1. The summed E-state index contributed by atoms with van der Waals surface area (Å²) in [5, 5.41) is 5.95. The summed E-state index contributed by atoms with van der Waals surface area (Å²) >= 11 is 0. The van der Waals surface area contributed by atoms with E-state index in [2.05, 4.69) is 15.6 Å². The molecule has 3 rings (SSSR count). The smallest absolute Gasteiger partial charge is 0.255 e. The summed E-state index contributed by atoms with van der Waals surface area (Å²) in [7, 11) is 0. The zero-order valence-electron chi connectivity index (χ0n) is 11.8. The van der Waals surface area contributed by atoms with Crippen molar-refractivity contribution in [1.82, 2.24) is 4.98 Å². The van der Waals surface area contributed by atoms with Gasteiger partial charge in [0.1, 0.15) is 11.6 Å². The summed E-state index contributed by atoms with van der Waals surface area (Å²) in [6.45, 7) is 0.565. The standard InChI is InChI=1S/C17H15N3O2/c21-17(13-5-2-1-3-6-13)20-14-8-9-16(18-11-14)19-12-15-7-4-10-22-15/h1-11H,12H2,(H,18,19)(H,20,21). The maximum absolute atomic E-state index is 12.0. The molecule has 0 saturated carbocycles. The van der Waals surface area contributed by atoms with E-state index in [4.69, 9.17) is 4.42 Å². The van der Waals surface area contributed by atoms with Gasteiger partial charge in [0.15, 0.2) is 0 Å². The fourth-order valence-corrected chi connectivity index (χ4v) is 1.96. The average Bonchev–Trinajstić information content (AvgIpc) is 3.08. The Kier molecular flexibility index (Phi) is 4.15. The molecule has 1 aromatic carbocycles. The summed E-state index contributed by atoms with van der Waals surface area (Å²) in [5.41, 5.74) is 1.26. The van der Waals surface area contributed by atoms with Gasteiger partial charge in [0.2, 0.25) is 0 Å². The number of pyridine rings is 1. The number of benzene rings is 1. The van der Waals surface area contributed by atoms with Gasteiger partial charge in [-0.05, 0) is 36.4 Å². The lowest BCUT2D eigenvalue weighted by Crippen LogP contribution is -2.12. The number of amides is 1. The van der Waals surface area contributed by atoms with Crippen LogP contribution in [0.4, 0.5) is 11.5 Å². The van der Waals surface area contributed by atoms with Crippen LogP contribution >= 0.6 is 0 Å². The van der Waals surface area contributed by atoms with E-state index in [0.29, 0.717) is 23.6 Å². The maximum Gasteiger partial charge on any atom is 0.255 e. The Morgan fingerprint density at radius 3 is 2.59 bits per heavy atom. The second-order valence-electron chi connectivity index (χ2n) is 4.69. The van der Waals surface area contributed by atoms with Gasteiger partial charge in [-0.15, -0.1) is 0 Å². The first-order chi connectivity index (χ1) is 10.8. The van der Waals surface area contributed by atoms with Crippen molar-refractivity contribution in [2.24, 2.45) is 0 Å². The molecule has 0 fully saturated rings. The second-order valence-corrected chi connectivity index (χ2v) is 4.69. The van der Waals surface area contributed by atoms with E-state index in [-0.39, 0.29) is 5.91 Å². The van der Waals surface area contributed by atoms with Crippen LogP contribution in [0.2, 0.25) is 0 Å². The predicted octanol–water partition coefficient (Wildman–Crippen LogP) is 3.54. The average molecular weight is 293 g/mol. The molecule has 0 saturated heterocycles. The van der Waals surface area contributed by atoms with Gasteiger partial charge in [-0.1, -0.05) is 18.2 Å². The lowest BCUT2D eigenvalue weighted by Gasteiger charge is -2.07. The summed E-state index contributed by atoms with van der Waals surface area (Å²) in [5.74, 6) is 1.40. The van der Waals surface area contributed by atoms with Gasteiger partial charge >= 0.3 is 0 Å². The minimum Gasteiger partial charge on any atom is -0.467 e. The number of carbonyl (C=O) groups is 1. The Hall–Kier alpha value is -3.08. The SMILES string of the molecule is O=C(Nc1ccc(NCc2ccco2)nc1)c1ccccc1. The largest absolute Gasteiger partial charge is 0.467 e. The van der Waals surface area contributed by atoms with Crippen molar-refractivity contribution in [1.29, 1.82) is 0 Å². The van der Waals surface area contributed by atoms with Crippen molar-refractivity contribution in [3.8, 4) is 0 Å². The molecule has 1 amide bonds. The molecule has 5 heteroatoms. The zero-order valence-corrected chi connectivity index (χ0v) is 11.8. The first-order valence-corrected chi connectivity index (χ1v) is 6.90. The maximum atomic E-state index is 12.0. The highest BCUT2D eigenvalue weighted by atomic mass is 16.3. The van der Waals surface area contributed by atoms with Crippen molar-refractivity contribution in [3.05, 3.63) is 78.4 Å². The van der Waals surface area contributed by atoms with E-state index in [9.17, 15) is 4.79 Å². The summed E-state index contributed by atoms with van der Waals surface area (Å²) in [6, 6.07) is 16.4. The Morgan fingerprint density at radius 2 is 1.91 bits per heavy atom. The molecule has 110 valence electrons. The number of anilines is 2. The van der Waals surface area contributed by atoms with Gasteiger partial charge in [0, 0.05) is 5.56 Å². The number of rotatable bonds is 5. The van der Waals surface area contributed by atoms with Crippen molar-refractivity contribution >= 4 is 17.4 Å². The Labute approximate surface area is 128 Å². The fraction of sp³-hybridized carbons (Fsp3) is 0.0588. The first-order valence-electron chi connectivity index (χ1n) is 6.90. The molecular weight excluding hydrogens is 278 g/mol. The number of aromatic nitrogens is 1. The quantitative estimate of drug-likeness (QED) is 0.755. The lowest BCUT2D eigenvalue weighted by atomic mass is 10.2. The molecule has 0 aliphatic heterocycles. The summed E-state index contributed by atoms with van der Waals surface area (Å²) in [4.78, 5) is 16.3. The molecule has 0 spiro atoms. The Balaban J connectivity index is 1.58. The highest BCUT2D eigenvalue weighted by Crippen LogP contribution is 2.12. The molecule has 3 aromatic rings. The van der Waals surface area contributed by atoms with Gasteiger partial charge in [0.25, 0.3) is 5.91 Å². The minimum atomic E-state index is -0.154. The molecule has 5 nitrogen and oxygen atoms in total. The van der Waals surface area contributed by atoms with Gasteiger partial charge in [-0.2, -0.15) is 0 Å². The van der Waals surface area contributed by atoms with Crippen molar-refractivity contribution in [3.63, 3.8) is 0 Å². The van der Waals surface area contributed by atoms with E-state index in [0.717, 1.165) is 5.76 Å². The van der Waals surface area contributed by atoms with E-state index in [1.165, 1.54) is 0 Å². The number of hydrogen-bond donors (Lipinski definition) is 2. The molecule has 0 aliphatic carbocycles. The van der Waals surface area contributed by atoms with Crippen LogP contribution in [0.25, 0.3) is 0 Å². The van der Waals surface area contributed by atoms with Crippen LogP contribution in [0, 0.1) is 0 Å². The third-order valence-corrected chi connectivity index (χ3v) is 3.08. The molecule has 0 atom stereocenters. The summed E-state index contributed by atoms with van der Waals surface area (Å²) < 4.78 is 5.23. The molecule has 2 aromatic heterocycles. The van der Waals surface area contributed by atoms with E-state index in [1.54, 1.807) is 30.7 Å². The predicted molar refractivity (Wildman–Crippen MR) is 84.7 cm³/mol. The monoisotopic (exact) mass is 293 g/mol. The van der Waals surface area contributed by atoms with Crippen LogP contribution in [-0.4, -0.2) is 10.9 Å². The molecule has 0 aliphatic rings. The van der Waals surface area contributed by atoms with Crippen LogP contribution in [0.5, 0.6) is 0 Å². The molecule has 2 N–H and O–H groups in total. The first kappa shape index (κ1) is 13.9. The molecule has 0 unspecified atom stereocenters. The van der Waals surface area contributed by atoms with Crippen LogP contribution in [0.1, 0.15) is 16.1 Å². The zero-order chi connectivity index (χ0) is 15.2. The number of furan rings is 1. The Morgan fingerprint density at radius 1 is 1.05 bits per heavy atom. The van der Waals surface area contributed by atoms with Crippen LogP contribution < -0.4 is 10.6 Å². The van der Waals surface area contributed by atoms with E-state index >= 15 is 0 Å². The van der Waals surface area contributed by atoms with Crippen molar-refractivity contribution in [2.45, 2.75) is 6.54 Å². The van der Waals surface area contributed by atoms with Crippen LogP contribution in [-0.2, 0) is 6.54 Å². The highest BCUT2D eigenvalue weighted by molar-refractivity contribution is 6.04. The van der Waals surface area contributed by atoms with Crippen molar-refractivity contribution in [2.75, 3.05) is 10.6 Å². The highest BCUT2D eigenvalue weighted by Gasteiger charge is 2.05. The number of hydrogen-bond acceptors (Lipinski definition) is 4. The van der Waals surface area contributed by atoms with Crippen LogP contribution in [0.3, 0.4) is 0 Å². The number of carbonyl (C=O) groups excluding carboxylic acids is 1. The number of nitrogens with one attached hydrogen (secondary N) is 2. The minimum absolute atomic E-state index is 0.154. The molecule has 0 radical (unpaired) electrons. The second kappa shape index (κ2) is 6.58. The lowest BCUT2D eigenvalue weighted by molar-refractivity contribution is 0.102. The van der Waals surface area contributed by atoms with E-state index in [1.807, 2.05) is 36.4 Å². The molecular formula is C17H15N3O2. The molecule has 2 heterocycles. The fourth-order valence-electron chi connectivity index (χ4n) is 1.96. The normalized spacial score (nSPS) is 10.2. The topological polar surface area (TPSA) is 67.2 Å². The molecule has 0 bridgehead atoms. The van der Waals surface area contributed by atoms with Gasteiger partial charge in [-0.3, -0.25) is 4.79 Å². The third-order valence-electron chi connectivity index (χ3n) is 3.08. The van der Waals surface area contributed by atoms with Crippen LogP contribution in [0.15, 0.2) is 71.5 Å². The van der Waals surface area contributed by atoms with Gasteiger partial charge < -0.3 is 15.1 Å². The summed E-state index contributed by atoms with van der Waals surface area (Å²) in [6.07, 6.45) is 3.25. The Bertz CT molecular complexity index is 722. The van der Waals surface area contributed by atoms with Gasteiger partial charge in [0.05, 0.1) is 24.7 Å².